The van der Waals surface area contributed by atoms with Crippen LogP contribution in [0.15, 0.2) is 23.2 Å². The van der Waals surface area contributed by atoms with E-state index in [0.717, 1.165) is 37.5 Å². The molecule has 2 rings (SSSR count). The molecular formula is C18H29ClIN5O2. The number of nitrogens with zero attached hydrogens (tertiary/aromatic N) is 2. The average molecular weight is 510 g/mol. The number of hydrogen-bond acceptors (Lipinski definition) is 4. The molecule has 0 radical (unpaired) electrons. The van der Waals surface area contributed by atoms with Crippen molar-refractivity contribution in [3.63, 3.8) is 0 Å². The molecule has 152 valence electrons. The highest BCUT2D eigenvalue weighted by atomic mass is 127. The number of benzene rings is 1. The van der Waals surface area contributed by atoms with Crippen LogP contribution in [-0.2, 0) is 4.79 Å². The number of hydrogen-bond donors (Lipinski definition) is 3. The molecule has 1 fully saturated rings. The van der Waals surface area contributed by atoms with E-state index >= 15 is 0 Å². The molecule has 27 heavy (non-hydrogen) atoms. The van der Waals surface area contributed by atoms with Crippen LogP contribution in [0, 0.1) is 0 Å². The van der Waals surface area contributed by atoms with Gasteiger partial charge in [-0.1, -0.05) is 11.6 Å². The molecule has 7 nitrogen and oxygen atoms in total. The minimum atomic E-state index is -0.0820. The quantitative estimate of drug-likeness (QED) is 0.299. The van der Waals surface area contributed by atoms with E-state index in [9.17, 15) is 4.79 Å². The van der Waals surface area contributed by atoms with Gasteiger partial charge in [-0.2, -0.15) is 0 Å². The van der Waals surface area contributed by atoms with Crippen molar-refractivity contribution in [1.82, 2.24) is 16.0 Å². The van der Waals surface area contributed by atoms with Gasteiger partial charge in [-0.25, -0.2) is 4.99 Å². The van der Waals surface area contributed by atoms with Crippen LogP contribution in [0.5, 0.6) is 5.75 Å². The predicted octanol–water partition coefficient (Wildman–Crippen LogP) is 2.24. The monoisotopic (exact) mass is 509 g/mol. The van der Waals surface area contributed by atoms with Crippen molar-refractivity contribution in [2.45, 2.75) is 26.3 Å². The second kappa shape index (κ2) is 12.1. The predicted molar refractivity (Wildman–Crippen MR) is 122 cm³/mol. The molecule has 1 aromatic carbocycles. The number of anilines is 1. The van der Waals surface area contributed by atoms with E-state index in [1.54, 1.807) is 7.11 Å². The molecule has 0 aliphatic carbocycles. The van der Waals surface area contributed by atoms with Crippen LogP contribution in [0.1, 0.15) is 20.3 Å². The van der Waals surface area contributed by atoms with E-state index in [4.69, 9.17) is 16.3 Å². The second-order valence-corrected chi connectivity index (χ2v) is 6.48. The minimum absolute atomic E-state index is 0. The molecule has 3 N–H and O–H groups in total. The number of ether oxygens (including phenoxy) is 1. The van der Waals surface area contributed by atoms with Crippen LogP contribution in [0.4, 0.5) is 5.69 Å². The third-order valence-electron chi connectivity index (χ3n) is 4.11. The Hall–Kier alpha value is -1.42. The summed E-state index contributed by atoms with van der Waals surface area (Å²) in [5, 5.41) is 10.0. The number of halogens is 2. The van der Waals surface area contributed by atoms with Gasteiger partial charge >= 0.3 is 0 Å². The number of carbonyl (C=O) groups excluding carboxylic acids is 1. The number of rotatable bonds is 7. The lowest BCUT2D eigenvalue weighted by atomic mass is 10.2. The Balaban J connectivity index is 0.00000364. The lowest BCUT2D eigenvalue weighted by Gasteiger charge is -2.22. The van der Waals surface area contributed by atoms with E-state index in [0.29, 0.717) is 17.5 Å². The number of carbonyl (C=O) groups is 1. The molecule has 1 amide bonds. The lowest BCUT2D eigenvalue weighted by molar-refractivity contribution is -0.119. The summed E-state index contributed by atoms with van der Waals surface area (Å²) >= 11 is 6.15. The Morgan fingerprint density at radius 2 is 2.07 bits per heavy atom. The molecule has 1 unspecified atom stereocenters. The highest BCUT2D eigenvalue weighted by Gasteiger charge is 2.25. The summed E-state index contributed by atoms with van der Waals surface area (Å²) in [5.74, 6) is 1.39. The van der Waals surface area contributed by atoms with Crippen molar-refractivity contribution in [2.75, 3.05) is 44.7 Å². The highest BCUT2D eigenvalue weighted by molar-refractivity contribution is 14.0. The molecule has 0 spiro atoms. The Bertz CT molecular complexity index is 644. The first-order valence-corrected chi connectivity index (χ1v) is 9.35. The molecule has 0 saturated carbocycles. The van der Waals surface area contributed by atoms with E-state index in [2.05, 4.69) is 25.8 Å². The zero-order valence-electron chi connectivity index (χ0n) is 16.0. The fraction of sp³-hybridized carbons (Fsp3) is 0.556. The van der Waals surface area contributed by atoms with E-state index < -0.39 is 0 Å². The van der Waals surface area contributed by atoms with Crippen molar-refractivity contribution in [3.05, 3.63) is 23.2 Å². The Morgan fingerprint density at radius 1 is 1.33 bits per heavy atom. The molecular weight excluding hydrogens is 481 g/mol. The standard InChI is InChI=1S/C18H28ClN5O2.HI/c1-4-20-17(25)11-22-18(21-5-2)23-14-8-9-24(12-14)15-10-13(19)6-7-16(15)26-3;/h6-7,10,14H,4-5,8-9,11-12H2,1-3H3,(H,20,25)(H2,21,22,23);1H. The van der Waals surface area contributed by atoms with Crippen LogP contribution in [0.2, 0.25) is 5.02 Å². The van der Waals surface area contributed by atoms with Crippen molar-refractivity contribution < 1.29 is 9.53 Å². The minimum Gasteiger partial charge on any atom is -0.495 e. The second-order valence-electron chi connectivity index (χ2n) is 6.04. The average Bonchev–Trinajstić information content (AvgIpc) is 3.08. The SMILES string of the molecule is CCNC(=O)CN=C(NCC)NC1CCN(c2cc(Cl)ccc2OC)C1.I. The van der Waals surface area contributed by atoms with Gasteiger partial charge < -0.3 is 25.6 Å². The summed E-state index contributed by atoms with van der Waals surface area (Å²) < 4.78 is 5.45. The number of nitrogens with one attached hydrogen (secondary N) is 3. The zero-order valence-corrected chi connectivity index (χ0v) is 19.1. The Morgan fingerprint density at radius 3 is 2.74 bits per heavy atom. The highest BCUT2D eigenvalue weighted by Crippen LogP contribution is 2.33. The van der Waals surface area contributed by atoms with Crippen LogP contribution < -0.4 is 25.6 Å². The third kappa shape index (κ3) is 7.25. The molecule has 1 aliphatic heterocycles. The normalized spacial score (nSPS) is 16.5. The molecule has 9 heteroatoms. The summed E-state index contributed by atoms with van der Waals surface area (Å²) in [6, 6.07) is 5.87. The number of likely N-dealkylation sites (N-methyl/N-ethyl adjacent to an activating group) is 1. The third-order valence-corrected chi connectivity index (χ3v) is 4.34. The molecule has 1 aliphatic rings. The summed E-state index contributed by atoms with van der Waals surface area (Å²) in [7, 11) is 1.66. The van der Waals surface area contributed by atoms with Crippen LogP contribution in [0.25, 0.3) is 0 Å². The van der Waals surface area contributed by atoms with Crippen LogP contribution >= 0.6 is 35.6 Å². The fourth-order valence-corrected chi connectivity index (χ4v) is 3.09. The number of methoxy groups -OCH3 is 1. The van der Waals surface area contributed by atoms with Crippen molar-refractivity contribution in [3.8, 4) is 5.75 Å². The maximum absolute atomic E-state index is 11.6. The number of aliphatic imine (C=N–C) groups is 1. The van der Waals surface area contributed by atoms with Gasteiger partial charge in [-0.05, 0) is 38.5 Å². The number of guanidine groups is 1. The maximum Gasteiger partial charge on any atom is 0.241 e. The van der Waals surface area contributed by atoms with Crippen LogP contribution in [0.3, 0.4) is 0 Å². The molecule has 1 saturated heterocycles. The molecule has 0 bridgehead atoms. The zero-order chi connectivity index (χ0) is 18.9. The van der Waals surface area contributed by atoms with Gasteiger partial charge in [0, 0.05) is 37.2 Å². The molecule has 1 atom stereocenters. The molecule has 1 aromatic rings. The smallest absolute Gasteiger partial charge is 0.241 e. The first-order chi connectivity index (χ1) is 12.6. The van der Waals surface area contributed by atoms with Crippen molar-refractivity contribution >= 4 is 53.1 Å². The van der Waals surface area contributed by atoms with Gasteiger partial charge in [0.2, 0.25) is 5.91 Å². The van der Waals surface area contributed by atoms with Gasteiger partial charge in [-0.15, -0.1) is 24.0 Å². The first-order valence-electron chi connectivity index (χ1n) is 8.97. The van der Waals surface area contributed by atoms with Crippen LogP contribution in [-0.4, -0.2) is 57.7 Å². The summed E-state index contributed by atoms with van der Waals surface area (Å²) in [6.07, 6.45) is 0.960. The van der Waals surface area contributed by atoms with E-state index in [1.807, 2.05) is 32.0 Å². The van der Waals surface area contributed by atoms with Crippen molar-refractivity contribution in [2.24, 2.45) is 4.99 Å². The largest absolute Gasteiger partial charge is 0.495 e. The summed E-state index contributed by atoms with van der Waals surface area (Å²) in [4.78, 5) is 18.2. The molecule has 1 heterocycles. The number of amides is 1. The maximum atomic E-state index is 11.6. The Kier molecular flexibility index (Phi) is 10.6. The Labute approximate surface area is 183 Å². The van der Waals surface area contributed by atoms with Gasteiger partial charge in [-0.3, -0.25) is 4.79 Å². The fourth-order valence-electron chi connectivity index (χ4n) is 2.92. The van der Waals surface area contributed by atoms with Crippen molar-refractivity contribution in [1.29, 1.82) is 0 Å². The van der Waals surface area contributed by atoms with Gasteiger partial charge in [0.1, 0.15) is 12.3 Å². The summed E-state index contributed by atoms with van der Waals surface area (Å²) in [5.41, 5.74) is 0.994. The van der Waals surface area contributed by atoms with Gasteiger partial charge in [0.15, 0.2) is 5.96 Å². The van der Waals surface area contributed by atoms with Gasteiger partial charge in [0.05, 0.1) is 12.8 Å². The van der Waals surface area contributed by atoms with E-state index in [-0.39, 0.29) is 42.5 Å². The first kappa shape index (κ1) is 23.6. The molecule has 0 aromatic heterocycles. The topological polar surface area (TPSA) is 78.0 Å². The lowest BCUT2D eigenvalue weighted by Crippen LogP contribution is -2.45. The van der Waals surface area contributed by atoms with Gasteiger partial charge in [0.25, 0.3) is 0 Å². The van der Waals surface area contributed by atoms with E-state index in [1.165, 1.54) is 0 Å². The summed E-state index contributed by atoms with van der Waals surface area (Å²) in [6.45, 7) is 7.05.